The fraction of sp³-hybridized carbons (Fsp3) is 0.441. The van der Waals surface area contributed by atoms with Gasteiger partial charge in [0.05, 0.1) is 12.3 Å². The van der Waals surface area contributed by atoms with E-state index in [1.807, 2.05) is 12.1 Å². The maximum absolute atomic E-state index is 14.4. The molecule has 0 bridgehead atoms. The Hall–Kier alpha value is -6.95. The number of rotatable bonds is 26. The van der Waals surface area contributed by atoms with Gasteiger partial charge in [0.1, 0.15) is 61.1 Å². The number of hydrogen-bond donors (Lipinski definition) is 12. The standard InChI is InChI=1S/C59H71ClN10O16S.Y/c1-30(2)49(68-45(72)12-4-3-7-20-69-47(74)24-44(87)56(69)81)54(79)67-39(11-8-19-62-58(61)82)53(78)65-34-15-13-31(14-16-34)29-84-59(83)63-26-46(73)64-35-17-18-38-32(21-35)22-40(66-38)55(80)70-27-33(25-60)48-37-10-6-5-9-36(37)42(23-41(48)70)85-57-52(77)51(76)50(75)43(28-71)86-57;/h5-6,9-10,13-18,21-23,30,33,39,43-44,49-52,57,66,71,75-77,87H,3-4,7-8,11-12,19-20,24-29H2,1-2H3,(H,63,83)(H,64,73)(H,65,78)(H,67,79)(H,68,72)(H3,61,62,82);/p-1. The molecule has 9 unspecified atom stereocenters. The first kappa shape index (κ1) is 68.5. The summed E-state index contributed by atoms with van der Waals surface area (Å²) in [4.78, 5) is 122. The number of hydrogen-bond acceptors (Lipinski definition) is 17. The van der Waals surface area contributed by atoms with Gasteiger partial charge in [-0.15, -0.1) is 11.6 Å². The number of aromatic nitrogens is 1. The van der Waals surface area contributed by atoms with Gasteiger partial charge in [-0.05, 0) is 84.5 Å². The first-order valence-electron chi connectivity index (χ1n) is 28.4. The SMILES string of the molecule is CC(C)C(NC(=O)CCCCCN1C(=O)CC([S-])C1=O)C(=O)NC(CCCNC(N)=O)C(=O)Nc1ccc(COC(=O)NCC(=O)Nc2ccc3[nH]c(C(=O)N4CC(CCl)c5c4cc(OC4OC(CO)C(O)C(O)C4O)c4ccccc54)cc3c2)cc1.[Y]. The topological polar surface area (TPSA) is 383 Å². The number of primary amides is 1. The minimum Gasteiger partial charge on any atom is -0.779 e. The van der Waals surface area contributed by atoms with E-state index in [4.69, 9.17) is 44.2 Å². The Morgan fingerprint density at radius 1 is 0.841 bits per heavy atom. The number of halogens is 1. The van der Waals surface area contributed by atoms with Crippen molar-refractivity contribution in [3.63, 3.8) is 0 Å². The molecule has 9 atom stereocenters. The number of benzene rings is 4. The summed E-state index contributed by atoms with van der Waals surface area (Å²) in [5, 5.41) is 58.3. The van der Waals surface area contributed by atoms with Gasteiger partial charge in [-0.3, -0.25) is 38.5 Å². The second kappa shape index (κ2) is 31.5. The zero-order chi connectivity index (χ0) is 62.6. The molecule has 8 rings (SSSR count). The zero-order valence-electron chi connectivity index (χ0n) is 48.2. The molecular formula is C59H70ClN10O16SY-. The molecule has 3 aliphatic rings. The number of H-pyrrole nitrogens is 1. The number of ether oxygens (including phenoxy) is 3. The number of urea groups is 1. The molecule has 13 N–H and O–H groups in total. The van der Waals surface area contributed by atoms with Crippen molar-refractivity contribution in [2.45, 2.75) is 119 Å². The predicted molar refractivity (Wildman–Crippen MR) is 320 cm³/mol. The number of likely N-dealkylation sites (tertiary alicyclic amines) is 1. The average Bonchev–Trinajstić information content (AvgIpc) is 3.24. The van der Waals surface area contributed by atoms with Crippen LogP contribution in [-0.4, -0.2) is 170 Å². The van der Waals surface area contributed by atoms with Crippen molar-refractivity contribution in [2.75, 3.05) is 54.2 Å². The van der Waals surface area contributed by atoms with Crippen LogP contribution in [-0.2, 0) is 90.2 Å². The fourth-order valence-corrected chi connectivity index (χ4v) is 11.0. The Balaban J connectivity index is 0.0000110. The number of alkyl halides is 1. The molecular weight excluding hydrogens is 1260 g/mol. The minimum absolute atomic E-state index is 0. The van der Waals surface area contributed by atoms with Crippen molar-refractivity contribution in [3.8, 4) is 5.75 Å². The third-order valence-electron chi connectivity index (χ3n) is 15.1. The summed E-state index contributed by atoms with van der Waals surface area (Å²) in [5.41, 5.74) is 8.49. The molecule has 0 saturated carbocycles. The molecule has 469 valence electrons. The molecule has 26 nitrogen and oxygen atoms in total. The maximum atomic E-state index is 14.4. The van der Waals surface area contributed by atoms with Crippen molar-refractivity contribution in [3.05, 3.63) is 95.7 Å². The number of nitrogens with one attached hydrogen (secondary N) is 7. The number of nitrogens with two attached hydrogens (primary N) is 1. The van der Waals surface area contributed by atoms with Crippen LogP contribution in [0.1, 0.15) is 86.3 Å². The Morgan fingerprint density at radius 3 is 2.25 bits per heavy atom. The number of aromatic amines is 1. The van der Waals surface area contributed by atoms with Gasteiger partial charge >= 0.3 is 12.1 Å². The number of carbonyl (C=O) groups is 9. The van der Waals surface area contributed by atoms with E-state index in [2.05, 4.69) is 36.9 Å². The van der Waals surface area contributed by atoms with Gasteiger partial charge in [0.2, 0.25) is 41.7 Å². The Kier molecular flexibility index (Phi) is 24.5. The van der Waals surface area contributed by atoms with Gasteiger partial charge in [-0.1, -0.05) is 61.9 Å². The van der Waals surface area contributed by atoms with Gasteiger partial charge < -0.3 is 94.8 Å². The smallest absolute Gasteiger partial charge is 0.407 e. The number of fused-ring (bicyclic) bond motifs is 4. The second-order valence-electron chi connectivity index (χ2n) is 21.8. The van der Waals surface area contributed by atoms with Crippen molar-refractivity contribution in [1.29, 1.82) is 0 Å². The average molecular weight is 1330 g/mol. The molecule has 0 aliphatic carbocycles. The molecule has 2 saturated heterocycles. The number of anilines is 3. The third kappa shape index (κ3) is 17.1. The van der Waals surface area contributed by atoms with Gasteiger partial charge in [0, 0.05) is 111 Å². The molecule has 29 heteroatoms. The number of unbranched alkanes of at least 4 members (excludes halogenated alkanes) is 2. The van der Waals surface area contributed by atoms with Crippen LogP contribution in [0, 0.1) is 5.92 Å². The first-order chi connectivity index (χ1) is 41.6. The van der Waals surface area contributed by atoms with E-state index in [0.29, 0.717) is 58.2 Å². The largest absolute Gasteiger partial charge is 0.779 e. The van der Waals surface area contributed by atoms with E-state index in [-0.39, 0.29) is 126 Å². The number of aliphatic hydroxyl groups excluding tert-OH is 4. The molecule has 3 aliphatic heterocycles. The zero-order valence-corrected chi connectivity index (χ0v) is 52.6. The Morgan fingerprint density at radius 2 is 1.57 bits per heavy atom. The number of carbonyl (C=O) groups excluding carboxylic acids is 9. The monoisotopic (exact) mass is 1330 g/mol. The predicted octanol–water partition coefficient (Wildman–Crippen LogP) is 2.59. The van der Waals surface area contributed by atoms with E-state index < -0.39 is 103 Å². The number of aliphatic hydroxyl groups is 4. The Labute approximate surface area is 541 Å². The van der Waals surface area contributed by atoms with Crippen molar-refractivity contribution in [2.24, 2.45) is 11.7 Å². The number of imide groups is 1. The quantitative estimate of drug-likeness (QED) is 0.0164. The van der Waals surface area contributed by atoms with Crippen LogP contribution in [0.5, 0.6) is 5.75 Å². The second-order valence-corrected chi connectivity index (χ2v) is 22.6. The van der Waals surface area contributed by atoms with Crippen molar-refractivity contribution < 1.29 is 110 Å². The minimum atomic E-state index is -1.68. The van der Waals surface area contributed by atoms with Crippen LogP contribution in [0.2, 0.25) is 0 Å². The van der Waals surface area contributed by atoms with E-state index >= 15 is 0 Å². The molecule has 1 aromatic heterocycles. The van der Waals surface area contributed by atoms with Gasteiger partial charge in [-0.2, -0.15) is 0 Å². The Bertz CT molecular complexity index is 3380. The normalized spacial score (nSPS) is 20.4. The van der Waals surface area contributed by atoms with Crippen LogP contribution >= 0.6 is 11.6 Å². The van der Waals surface area contributed by atoms with E-state index in [0.717, 1.165) is 15.8 Å². The maximum Gasteiger partial charge on any atom is 0.407 e. The van der Waals surface area contributed by atoms with Gasteiger partial charge in [-0.25, -0.2) is 9.59 Å². The molecule has 10 amide bonds. The molecule has 0 spiro atoms. The molecule has 2 fully saturated rings. The van der Waals surface area contributed by atoms with E-state index in [1.54, 1.807) is 85.5 Å². The van der Waals surface area contributed by atoms with E-state index in [1.165, 1.54) is 0 Å². The summed E-state index contributed by atoms with van der Waals surface area (Å²) in [6.45, 7) is 2.71. The summed E-state index contributed by atoms with van der Waals surface area (Å²) >= 11 is 11.5. The van der Waals surface area contributed by atoms with Gasteiger partial charge in [0.25, 0.3) is 5.91 Å². The third-order valence-corrected chi connectivity index (χ3v) is 15.9. The van der Waals surface area contributed by atoms with Crippen LogP contribution in [0.15, 0.2) is 78.9 Å². The molecule has 1 radical (unpaired) electrons. The number of nitrogens with zero attached hydrogens (tertiary/aromatic N) is 2. The molecule has 5 aromatic rings. The fourth-order valence-electron chi connectivity index (χ4n) is 10.5. The van der Waals surface area contributed by atoms with Crippen LogP contribution in [0.25, 0.3) is 21.7 Å². The number of amides is 10. The summed E-state index contributed by atoms with van der Waals surface area (Å²) in [6.07, 6.45) is -6.63. The number of alkyl carbamates (subject to hydrolysis) is 1. The first-order valence-corrected chi connectivity index (χ1v) is 29.4. The van der Waals surface area contributed by atoms with Crippen LogP contribution in [0.3, 0.4) is 0 Å². The molecule has 4 heterocycles. The van der Waals surface area contributed by atoms with Crippen molar-refractivity contribution >= 4 is 116 Å². The van der Waals surface area contributed by atoms with Crippen LogP contribution < -0.4 is 47.3 Å². The van der Waals surface area contributed by atoms with E-state index in [9.17, 15) is 63.6 Å². The van der Waals surface area contributed by atoms with Crippen LogP contribution in [0.4, 0.5) is 26.7 Å². The van der Waals surface area contributed by atoms with Crippen molar-refractivity contribution in [1.82, 2.24) is 31.2 Å². The summed E-state index contributed by atoms with van der Waals surface area (Å²) in [6, 6.07) is 18.8. The summed E-state index contributed by atoms with van der Waals surface area (Å²) in [5.74, 6) is -3.55. The van der Waals surface area contributed by atoms with Gasteiger partial charge in [0.15, 0.2) is 0 Å². The summed E-state index contributed by atoms with van der Waals surface area (Å²) in [7, 11) is 0. The summed E-state index contributed by atoms with van der Waals surface area (Å²) < 4.78 is 17.1. The molecule has 88 heavy (non-hydrogen) atoms. The molecule has 4 aromatic carbocycles.